The molecule has 0 atom stereocenters. The minimum Gasteiger partial charge on any atom is -0.496 e. The number of hydrogen-bond acceptors (Lipinski definition) is 5. The van der Waals surface area contributed by atoms with Crippen molar-refractivity contribution in [2.45, 2.75) is 13.8 Å². The highest BCUT2D eigenvalue weighted by Gasteiger charge is 2.10. The van der Waals surface area contributed by atoms with Gasteiger partial charge >= 0.3 is 0 Å². The summed E-state index contributed by atoms with van der Waals surface area (Å²) in [5.74, 6) is 1.90. The van der Waals surface area contributed by atoms with E-state index in [1.165, 1.54) is 11.1 Å². The quantitative estimate of drug-likeness (QED) is 0.651. The SMILES string of the molecule is COc1cc(OC)c(OC)cc1/C=N/Nc1ccc(C)c(C)c1. The largest absolute Gasteiger partial charge is 0.496 e. The van der Waals surface area contributed by atoms with Gasteiger partial charge in [0.15, 0.2) is 11.5 Å². The van der Waals surface area contributed by atoms with Crippen molar-refractivity contribution >= 4 is 11.9 Å². The Morgan fingerprint density at radius 1 is 0.826 bits per heavy atom. The Balaban J connectivity index is 2.22. The van der Waals surface area contributed by atoms with Crippen LogP contribution in [0.4, 0.5) is 5.69 Å². The molecule has 23 heavy (non-hydrogen) atoms. The highest BCUT2D eigenvalue weighted by Crippen LogP contribution is 2.33. The Bertz CT molecular complexity index is 712. The fourth-order valence-electron chi connectivity index (χ4n) is 2.14. The van der Waals surface area contributed by atoms with E-state index >= 15 is 0 Å². The Labute approximate surface area is 136 Å². The van der Waals surface area contributed by atoms with Crippen molar-refractivity contribution in [3.63, 3.8) is 0 Å². The molecule has 2 aromatic carbocycles. The zero-order valence-corrected chi connectivity index (χ0v) is 14.1. The lowest BCUT2D eigenvalue weighted by molar-refractivity contribution is 0.349. The predicted octanol–water partition coefficient (Wildman–Crippen LogP) is 3.78. The van der Waals surface area contributed by atoms with E-state index in [4.69, 9.17) is 14.2 Å². The number of nitrogens with zero attached hydrogens (tertiary/aromatic N) is 1. The van der Waals surface area contributed by atoms with Gasteiger partial charge < -0.3 is 14.2 Å². The van der Waals surface area contributed by atoms with Gasteiger partial charge in [0.05, 0.1) is 33.2 Å². The first-order valence-electron chi connectivity index (χ1n) is 7.25. The van der Waals surface area contributed by atoms with Gasteiger partial charge in [-0.1, -0.05) is 6.07 Å². The van der Waals surface area contributed by atoms with Crippen molar-refractivity contribution in [2.24, 2.45) is 5.10 Å². The van der Waals surface area contributed by atoms with Crippen LogP contribution in [-0.4, -0.2) is 27.5 Å². The summed E-state index contributed by atoms with van der Waals surface area (Å²) >= 11 is 0. The molecule has 0 bridgehead atoms. The maximum atomic E-state index is 5.37. The van der Waals surface area contributed by atoms with E-state index in [1.54, 1.807) is 33.6 Å². The average Bonchev–Trinajstić information content (AvgIpc) is 2.57. The Kier molecular flexibility index (Phi) is 5.46. The summed E-state index contributed by atoms with van der Waals surface area (Å²) in [5.41, 5.74) is 7.22. The molecule has 0 fully saturated rings. The molecule has 122 valence electrons. The molecule has 0 aromatic heterocycles. The van der Waals surface area contributed by atoms with E-state index in [9.17, 15) is 0 Å². The van der Waals surface area contributed by atoms with Gasteiger partial charge in [0.1, 0.15) is 5.75 Å². The lowest BCUT2D eigenvalue weighted by Crippen LogP contribution is -1.98. The van der Waals surface area contributed by atoms with Crippen LogP contribution in [0.25, 0.3) is 0 Å². The van der Waals surface area contributed by atoms with E-state index < -0.39 is 0 Å². The molecule has 2 aromatic rings. The molecule has 1 N–H and O–H groups in total. The molecule has 0 radical (unpaired) electrons. The number of hydrogen-bond donors (Lipinski definition) is 1. The maximum absolute atomic E-state index is 5.37. The topological polar surface area (TPSA) is 52.1 Å². The molecule has 0 saturated carbocycles. The molecule has 2 rings (SSSR count). The third-order valence-electron chi connectivity index (χ3n) is 3.64. The van der Waals surface area contributed by atoms with Gasteiger partial charge in [-0.25, -0.2) is 0 Å². The van der Waals surface area contributed by atoms with E-state index in [2.05, 4.69) is 36.5 Å². The standard InChI is InChI=1S/C18H22N2O3/c1-12-6-7-15(8-13(12)2)20-19-11-14-9-17(22-4)18(23-5)10-16(14)21-3/h6-11,20H,1-5H3/b19-11+. The van der Waals surface area contributed by atoms with Crippen LogP contribution in [0.3, 0.4) is 0 Å². The molecule has 0 saturated heterocycles. The van der Waals surface area contributed by atoms with Gasteiger partial charge in [-0.2, -0.15) is 5.10 Å². The third-order valence-corrected chi connectivity index (χ3v) is 3.64. The molecule has 0 aliphatic rings. The van der Waals surface area contributed by atoms with E-state index in [-0.39, 0.29) is 0 Å². The molecule has 5 heteroatoms. The second kappa shape index (κ2) is 7.54. The fourth-order valence-corrected chi connectivity index (χ4v) is 2.14. The van der Waals surface area contributed by atoms with Crippen LogP contribution in [0.2, 0.25) is 0 Å². The van der Waals surface area contributed by atoms with Gasteiger partial charge in [0.2, 0.25) is 0 Å². The van der Waals surface area contributed by atoms with Crippen molar-refractivity contribution < 1.29 is 14.2 Å². The maximum Gasteiger partial charge on any atom is 0.164 e. The number of benzene rings is 2. The molecule has 0 heterocycles. The van der Waals surface area contributed by atoms with Crippen LogP contribution in [0.1, 0.15) is 16.7 Å². The summed E-state index contributed by atoms with van der Waals surface area (Å²) in [6.45, 7) is 4.15. The van der Waals surface area contributed by atoms with Crippen LogP contribution in [0.15, 0.2) is 35.4 Å². The molecule has 0 aliphatic carbocycles. The highest BCUT2D eigenvalue weighted by molar-refractivity contribution is 5.85. The number of anilines is 1. The normalized spacial score (nSPS) is 10.7. The number of methoxy groups -OCH3 is 3. The van der Waals surface area contributed by atoms with Crippen LogP contribution in [0.5, 0.6) is 17.2 Å². The van der Waals surface area contributed by atoms with Gasteiger partial charge in [0.25, 0.3) is 0 Å². The monoisotopic (exact) mass is 314 g/mol. The van der Waals surface area contributed by atoms with E-state index in [0.29, 0.717) is 17.2 Å². The number of hydrazone groups is 1. The summed E-state index contributed by atoms with van der Waals surface area (Å²) < 4.78 is 15.9. The van der Waals surface area contributed by atoms with Crippen molar-refractivity contribution in [2.75, 3.05) is 26.8 Å². The van der Waals surface area contributed by atoms with Crippen LogP contribution < -0.4 is 19.6 Å². The molecule has 5 nitrogen and oxygen atoms in total. The van der Waals surface area contributed by atoms with Crippen molar-refractivity contribution in [3.8, 4) is 17.2 Å². The van der Waals surface area contributed by atoms with Gasteiger partial charge in [-0.3, -0.25) is 5.43 Å². The van der Waals surface area contributed by atoms with Crippen LogP contribution in [-0.2, 0) is 0 Å². The van der Waals surface area contributed by atoms with Crippen LogP contribution >= 0.6 is 0 Å². The highest BCUT2D eigenvalue weighted by atomic mass is 16.5. The molecule has 0 spiro atoms. The van der Waals surface area contributed by atoms with Gasteiger partial charge in [0, 0.05) is 11.6 Å². The second-order valence-corrected chi connectivity index (χ2v) is 5.12. The number of ether oxygens (including phenoxy) is 3. The van der Waals surface area contributed by atoms with Crippen molar-refractivity contribution in [1.82, 2.24) is 0 Å². The summed E-state index contributed by atoms with van der Waals surface area (Å²) in [4.78, 5) is 0. The minimum atomic E-state index is 0.614. The number of aryl methyl sites for hydroxylation is 2. The zero-order chi connectivity index (χ0) is 16.8. The van der Waals surface area contributed by atoms with Crippen molar-refractivity contribution in [3.05, 3.63) is 47.0 Å². The summed E-state index contributed by atoms with van der Waals surface area (Å²) in [6, 6.07) is 9.70. The lowest BCUT2D eigenvalue weighted by Gasteiger charge is -2.11. The minimum absolute atomic E-state index is 0.614. The molecule has 0 aliphatic heterocycles. The third kappa shape index (κ3) is 3.94. The fraction of sp³-hybridized carbons (Fsp3) is 0.278. The second-order valence-electron chi connectivity index (χ2n) is 5.12. The first kappa shape index (κ1) is 16.7. The van der Waals surface area contributed by atoms with Crippen molar-refractivity contribution in [1.29, 1.82) is 0 Å². The van der Waals surface area contributed by atoms with Crippen LogP contribution in [0, 0.1) is 13.8 Å². The molecular weight excluding hydrogens is 292 g/mol. The predicted molar refractivity (Wildman–Crippen MR) is 93.2 cm³/mol. The summed E-state index contributed by atoms with van der Waals surface area (Å²) in [7, 11) is 4.79. The first-order chi connectivity index (χ1) is 11.1. The van der Waals surface area contributed by atoms with Gasteiger partial charge in [-0.05, 0) is 43.2 Å². The molecule has 0 unspecified atom stereocenters. The van der Waals surface area contributed by atoms with E-state index in [0.717, 1.165) is 11.3 Å². The zero-order valence-electron chi connectivity index (χ0n) is 14.1. The molecule has 0 amide bonds. The summed E-state index contributed by atoms with van der Waals surface area (Å²) in [5, 5.41) is 4.27. The number of rotatable bonds is 6. The smallest absolute Gasteiger partial charge is 0.164 e. The summed E-state index contributed by atoms with van der Waals surface area (Å²) in [6.07, 6.45) is 1.69. The first-order valence-corrected chi connectivity index (χ1v) is 7.25. The molecular formula is C18H22N2O3. The Morgan fingerprint density at radius 3 is 2.09 bits per heavy atom. The Morgan fingerprint density at radius 2 is 1.48 bits per heavy atom. The Hall–Kier alpha value is -2.69. The average molecular weight is 314 g/mol. The van der Waals surface area contributed by atoms with E-state index in [1.807, 2.05) is 12.1 Å². The van der Waals surface area contributed by atoms with Gasteiger partial charge in [-0.15, -0.1) is 0 Å². The number of nitrogens with one attached hydrogen (secondary N) is 1. The lowest BCUT2D eigenvalue weighted by atomic mass is 10.1.